The van der Waals surface area contributed by atoms with E-state index < -0.39 is 0 Å². The highest BCUT2D eigenvalue weighted by atomic mass is 16.5. The van der Waals surface area contributed by atoms with Crippen LogP contribution in [0.1, 0.15) is 13.8 Å². The van der Waals surface area contributed by atoms with Crippen LogP contribution in [0.4, 0.5) is 0 Å². The predicted molar refractivity (Wildman–Crippen MR) is 68.6 cm³/mol. The molecule has 0 unspecified atom stereocenters. The van der Waals surface area contributed by atoms with E-state index in [4.69, 9.17) is 14.2 Å². The zero-order chi connectivity index (χ0) is 14.1. The van der Waals surface area contributed by atoms with Gasteiger partial charge < -0.3 is 14.2 Å². The highest BCUT2D eigenvalue weighted by Crippen LogP contribution is 2.02. The molecular formula is C13H21NO5. The second-order valence-electron chi connectivity index (χ2n) is 4.31. The predicted octanol–water partition coefficient (Wildman–Crippen LogP) is 0.370. The Balaban J connectivity index is 1.89. The van der Waals surface area contributed by atoms with Gasteiger partial charge in [0.25, 0.3) is 11.8 Å². The largest absolute Gasteiger partial charge is 0.377 e. The van der Waals surface area contributed by atoms with Crippen LogP contribution in [0.3, 0.4) is 0 Å². The summed E-state index contributed by atoms with van der Waals surface area (Å²) in [6, 6.07) is 0. The van der Waals surface area contributed by atoms with Crippen LogP contribution in [0, 0.1) is 0 Å². The van der Waals surface area contributed by atoms with Gasteiger partial charge in [0.1, 0.15) is 0 Å². The van der Waals surface area contributed by atoms with Crippen molar-refractivity contribution < 1.29 is 23.8 Å². The Bertz CT molecular complexity index is 309. The van der Waals surface area contributed by atoms with Crippen molar-refractivity contribution in [3.63, 3.8) is 0 Å². The van der Waals surface area contributed by atoms with Crippen molar-refractivity contribution in [1.82, 2.24) is 4.90 Å². The van der Waals surface area contributed by atoms with E-state index in [0.717, 1.165) is 4.90 Å². The van der Waals surface area contributed by atoms with Crippen molar-refractivity contribution in [2.75, 3.05) is 39.6 Å². The van der Waals surface area contributed by atoms with Gasteiger partial charge in [0, 0.05) is 12.2 Å². The van der Waals surface area contributed by atoms with Crippen molar-refractivity contribution >= 4 is 11.8 Å². The SMILES string of the molecule is CC(C)OCCOCCOCCN1C(=O)C=CC1=O. The summed E-state index contributed by atoms with van der Waals surface area (Å²) in [5, 5.41) is 0. The summed E-state index contributed by atoms with van der Waals surface area (Å²) in [4.78, 5) is 23.6. The minimum Gasteiger partial charge on any atom is -0.377 e. The first-order valence-corrected chi connectivity index (χ1v) is 6.42. The molecule has 0 saturated carbocycles. The van der Waals surface area contributed by atoms with Crippen LogP contribution in [0.25, 0.3) is 0 Å². The Morgan fingerprint density at radius 3 is 2.05 bits per heavy atom. The molecule has 0 fully saturated rings. The van der Waals surface area contributed by atoms with Gasteiger partial charge in [-0.2, -0.15) is 0 Å². The van der Waals surface area contributed by atoms with Crippen molar-refractivity contribution in [2.45, 2.75) is 20.0 Å². The van der Waals surface area contributed by atoms with E-state index in [9.17, 15) is 9.59 Å². The van der Waals surface area contributed by atoms with Crippen molar-refractivity contribution in [3.8, 4) is 0 Å². The topological polar surface area (TPSA) is 65.1 Å². The second-order valence-corrected chi connectivity index (χ2v) is 4.31. The minimum absolute atomic E-state index is 0.212. The molecule has 6 heteroatoms. The molecule has 1 aliphatic rings. The molecule has 1 aliphatic heterocycles. The fraction of sp³-hybridized carbons (Fsp3) is 0.692. The number of imide groups is 1. The maximum Gasteiger partial charge on any atom is 0.253 e. The first kappa shape index (κ1) is 15.8. The summed E-state index contributed by atoms with van der Waals surface area (Å²) in [6.45, 7) is 6.56. The lowest BCUT2D eigenvalue weighted by atomic mass is 10.5. The molecule has 108 valence electrons. The number of hydrogen-bond donors (Lipinski definition) is 0. The molecule has 0 bridgehead atoms. The molecule has 0 aromatic heterocycles. The molecule has 0 spiro atoms. The van der Waals surface area contributed by atoms with Gasteiger partial charge >= 0.3 is 0 Å². The maximum absolute atomic E-state index is 11.2. The monoisotopic (exact) mass is 271 g/mol. The summed E-state index contributed by atoms with van der Waals surface area (Å²) >= 11 is 0. The number of carbonyl (C=O) groups excluding carboxylic acids is 2. The molecule has 0 radical (unpaired) electrons. The third-order valence-electron chi connectivity index (χ3n) is 2.41. The van der Waals surface area contributed by atoms with Crippen molar-refractivity contribution in [3.05, 3.63) is 12.2 Å². The van der Waals surface area contributed by atoms with E-state index in [-0.39, 0.29) is 24.5 Å². The van der Waals surface area contributed by atoms with Crippen molar-refractivity contribution in [2.24, 2.45) is 0 Å². The van der Waals surface area contributed by atoms with Crippen LogP contribution in [-0.4, -0.2) is 62.4 Å². The molecule has 1 heterocycles. The lowest BCUT2D eigenvalue weighted by Gasteiger charge is -2.13. The number of carbonyl (C=O) groups is 2. The maximum atomic E-state index is 11.2. The number of hydrogen-bond acceptors (Lipinski definition) is 5. The first-order chi connectivity index (χ1) is 9.11. The molecule has 6 nitrogen and oxygen atoms in total. The van der Waals surface area contributed by atoms with Crippen LogP contribution in [-0.2, 0) is 23.8 Å². The molecule has 0 N–H and O–H groups in total. The third kappa shape index (κ3) is 6.47. The summed E-state index contributed by atoms with van der Waals surface area (Å²) < 4.78 is 15.9. The van der Waals surface area contributed by atoms with Gasteiger partial charge in [-0.05, 0) is 13.8 Å². The molecule has 1 rings (SSSR count). The fourth-order valence-corrected chi connectivity index (χ4v) is 1.47. The van der Waals surface area contributed by atoms with Gasteiger partial charge in [0.2, 0.25) is 0 Å². The smallest absolute Gasteiger partial charge is 0.253 e. The number of amides is 2. The lowest BCUT2D eigenvalue weighted by molar-refractivity contribution is -0.137. The first-order valence-electron chi connectivity index (χ1n) is 6.42. The third-order valence-corrected chi connectivity index (χ3v) is 2.41. The van der Waals surface area contributed by atoms with Crippen LogP contribution in [0.15, 0.2) is 12.2 Å². The van der Waals surface area contributed by atoms with E-state index >= 15 is 0 Å². The molecule has 0 atom stereocenters. The summed E-state index contributed by atoms with van der Waals surface area (Å²) in [5.74, 6) is -0.564. The zero-order valence-corrected chi connectivity index (χ0v) is 11.5. The van der Waals surface area contributed by atoms with Gasteiger partial charge in [-0.1, -0.05) is 0 Å². The van der Waals surface area contributed by atoms with Crippen LogP contribution >= 0.6 is 0 Å². The summed E-state index contributed by atoms with van der Waals surface area (Å²) in [6.07, 6.45) is 2.74. The van der Waals surface area contributed by atoms with E-state index in [1.807, 2.05) is 13.8 Å². The van der Waals surface area contributed by atoms with E-state index in [1.54, 1.807) is 0 Å². The molecule has 0 aromatic rings. The molecule has 0 aliphatic carbocycles. The Morgan fingerprint density at radius 1 is 0.947 bits per heavy atom. The molecule has 0 aromatic carbocycles. The van der Waals surface area contributed by atoms with E-state index in [2.05, 4.69) is 0 Å². The van der Waals surface area contributed by atoms with Gasteiger partial charge in [-0.25, -0.2) is 0 Å². The highest BCUT2D eigenvalue weighted by Gasteiger charge is 2.22. The lowest BCUT2D eigenvalue weighted by Crippen LogP contribution is -2.33. The van der Waals surface area contributed by atoms with Gasteiger partial charge in [0.15, 0.2) is 0 Å². The fourth-order valence-electron chi connectivity index (χ4n) is 1.47. The number of rotatable bonds is 10. The van der Waals surface area contributed by atoms with Crippen LogP contribution in [0.2, 0.25) is 0 Å². The summed E-state index contributed by atoms with van der Waals surface area (Å²) in [5.41, 5.74) is 0. The highest BCUT2D eigenvalue weighted by molar-refractivity contribution is 6.12. The minimum atomic E-state index is -0.282. The van der Waals surface area contributed by atoms with Gasteiger partial charge in [-0.3, -0.25) is 14.5 Å². The Hall–Kier alpha value is -1.24. The zero-order valence-electron chi connectivity index (χ0n) is 11.5. The number of nitrogens with zero attached hydrogens (tertiary/aromatic N) is 1. The molecular weight excluding hydrogens is 250 g/mol. The van der Waals surface area contributed by atoms with Gasteiger partial charge in [0.05, 0.1) is 45.7 Å². The Labute approximate surface area is 113 Å². The van der Waals surface area contributed by atoms with E-state index in [1.165, 1.54) is 12.2 Å². The molecule has 0 saturated heterocycles. The molecule has 2 amide bonds. The average molecular weight is 271 g/mol. The standard InChI is InChI=1S/C13H21NO5/c1-11(2)19-10-9-18-8-7-17-6-5-14-12(15)3-4-13(14)16/h3-4,11H,5-10H2,1-2H3. The summed E-state index contributed by atoms with van der Waals surface area (Å²) in [7, 11) is 0. The van der Waals surface area contributed by atoms with Crippen LogP contribution in [0.5, 0.6) is 0 Å². The van der Waals surface area contributed by atoms with E-state index in [0.29, 0.717) is 33.0 Å². The van der Waals surface area contributed by atoms with Crippen LogP contribution < -0.4 is 0 Å². The average Bonchev–Trinajstić information content (AvgIpc) is 2.67. The Morgan fingerprint density at radius 2 is 1.47 bits per heavy atom. The normalized spacial score (nSPS) is 15.0. The second kappa shape index (κ2) is 8.79. The van der Waals surface area contributed by atoms with Gasteiger partial charge in [-0.15, -0.1) is 0 Å². The number of ether oxygens (including phenoxy) is 3. The quantitative estimate of drug-likeness (QED) is 0.424. The Kier molecular flexibility index (Phi) is 7.32. The molecule has 19 heavy (non-hydrogen) atoms. The van der Waals surface area contributed by atoms with Crippen molar-refractivity contribution in [1.29, 1.82) is 0 Å².